The summed E-state index contributed by atoms with van der Waals surface area (Å²) >= 11 is 1.33. The van der Waals surface area contributed by atoms with E-state index in [-0.39, 0.29) is 11.3 Å². The van der Waals surface area contributed by atoms with Gasteiger partial charge in [0.1, 0.15) is 5.69 Å². The Morgan fingerprint density at radius 3 is 2.64 bits per heavy atom. The average molecular weight is 394 g/mol. The van der Waals surface area contributed by atoms with Crippen LogP contribution in [0, 0.1) is 0 Å². The van der Waals surface area contributed by atoms with E-state index in [1.807, 2.05) is 24.3 Å². The summed E-state index contributed by atoms with van der Waals surface area (Å²) in [7, 11) is 0. The molecule has 4 rings (SSSR count). The first-order chi connectivity index (χ1) is 13.8. The van der Waals surface area contributed by atoms with Gasteiger partial charge in [-0.1, -0.05) is 61.0 Å². The molecule has 1 amide bonds. The van der Waals surface area contributed by atoms with Crippen LogP contribution in [0.5, 0.6) is 0 Å². The number of hydrogen-bond donors (Lipinski definition) is 2. The van der Waals surface area contributed by atoms with Gasteiger partial charge in [-0.25, -0.2) is 0 Å². The molecule has 1 saturated carbocycles. The Balaban J connectivity index is 1.32. The van der Waals surface area contributed by atoms with Crippen molar-refractivity contribution in [3.8, 4) is 11.5 Å². The summed E-state index contributed by atoms with van der Waals surface area (Å²) in [6.07, 6.45) is 6.39. The molecule has 0 unspecified atom stereocenters. The average Bonchev–Trinajstić information content (AvgIpc) is 3.43. The first-order valence-corrected chi connectivity index (χ1v) is 10.5. The SMILES string of the molecule is O=C(CSc1n[nH]c(-c2ccccn2)n1)NCC1(c2ccccc2)CCCC1. The van der Waals surface area contributed by atoms with Crippen LogP contribution in [0.3, 0.4) is 0 Å². The Hall–Kier alpha value is -2.67. The van der Waals surface area contributed by atoms with Gasteiger partial charge >= 0.3 is 0 Å². The predicted octanol–water partition coefficient (Wildman–Crippen LogP) is 3.59. The molecule has 144 valence electrons. The molecule has 0 aliphatic heterocycles. The molecule has 28 heavy (non-hydrogen) atoms. The Kier molecular flexibility index (Phi) is 5.71. The van der Waals surface area contributed by atoms with Gasteiger partial charge in [0.15, 0.2) is 5.82 Å². The number of aromatic amines is 1. The molecule has 0 atom stereocenters. The van der Waals surface area contributed by atoms with E-state index in [1.54, 1.807) is 6.20 Å². The van der Waals surface area contributed by atoms with Crippen LogP contribution in [0.2, 0.25) is 0 Å². The third-order valence-electron chi connectivity index (χ3n) is 5.28. The Bertz CT molecular complexity index is 907. The number of hydrogen-bond acceptors (Lipinski definition) is 5. The van der Waals surface area contributed by atoms with E-state index in [1.165, 1.54) is 30.2 Å². The molecule has 1 fully saturated rings. The summed E-state index contributed by atoms with van der Waals surface area (Å²) in [5.74, 6) is 0.915. The highest BCUT2D eigenvalue weighted by atomic mass is 32.2. The number of nitrogens with one attached hydrogen (secondary N) is 2. The smallest absolute Gasteiger partial charge is 0.230 e. The normalized spacial score (nSPS) is 15.4. The summed E-state index contributed by atoms with van der Waals surface area (Å²) in [5, 5.41) is 10.7. The molecule has 1 aliphatic rings. The second-order valence-electron chi connectivity index (χ2n) is 7.10. The molecule has 3 aromatic rings. The van der Waals surface area contributed by atoms with Gasteiger partial charge in [0.05, 0.1) is 5.75 Å². The van der Waals surface area contributed by atoms with Crippen molar-refractivity contribution in [2.75, 3.05) is 12.3 Å². The maximum absolute atomic E-state index is 12.4. The molecule has 2 aromatic heterocycles. The van der Waals surface area contributed by atoms with Gasteiger partial charge in [0, 0.05) is 18.2 Å². The van der Waals surface area contributed by atoms with E-state index >= 15 is 0 Å². The van der Waals surface area contributed by atoms with Crippen molar-refractivity contribution >= 4 is 17.7 Å². The van der Waals surface area contributed by atoms with E-state index < -0.39 is 0 Å². The van der Waals surface area contributed by atoms with E-state index in [0.29, 0.717) is 23.3 Å². The number of carbonyl (C=O) groups is 1. The van der Waals surface area contributed by atoms with Gasteiger partial charge in [-0.3, -0.25) is 14.9 Å². The van der Waals surface area contributed by atoms with Crippen molar-refractivity contribution in [1.29, 1.82) is 0 Å². The number of H-pyrrole nitrogens is 1. The van der Waals surface area contributed by atoms with Crippen molar-refractivity contribution in [1.82, 2.24) is 25.5 Å². The van der Waals surface area contributed by atoms with Gasteiger partial charge in [-0.2, -0.15) is 4.98 Å². The second-order valence-corrected chi connectivity index (χ2v) is 8.04. The van der Waals surface area contributed by atoms with Gasteiger partial charge < -0.3 is 5.32 Å². The fourth-order valence-electron chi connectivity index (χ4n) is 3.79. The van der Waals surface area contributed by atoms with Crippen LogP contribution < -0.4 is 5.32 Å². The minimum absolute atomic E-state index is 0.0105. The summed E-state index contributed by atoms with van der Waals surface area (Å²) in [6.45, 7) is 0.684. The van der Waals surface area contributed by atoms with Gasteiger partial charge in [-0.15, -0.1) is 5.10 Å². The van der Waals surface area contributed by atoms with Crippen LogP contribution in [0.25, 0.3) is 11.5 Å². The van der Waals surface area contributed by atoms with Crippen molar-refractivity contribution in [2.45, 2.75) is 36.3 Å². The lowest BCUT2D eigenvalue weighted by atomic mass is 9.79. The Labute approximate surface area is 168 Å². The molecule has 0 radical (unpaired) electrons. The number of nitrogens with zero attached hydrogens (tertiary/aromatic N) is 3. The number of benzene rings is 1. The second kappa shape index (κ2) is 8.56. The number of pyridine rings is 1. The molecule has 0 spiro atoms. The molecule has 6 nitrogen and oxygen atoms in total. The summed E-state index contributed by atoms with van der Waals surface area (Å²) < 4.78 is 0. The van der Waals surface area contributed by atoms with Crippen molar-refractivity contribution in [2.24, 2.45) is 0 Å². The first-order valence-electron chi connectivity index (χ1n) is 9.54. The third kappa shape index (κ3) is 4.25. The topological polar surface area (TPSA) is 83.6 Å². The lowest BCUT2D eigenvalue weighted by molar-refractivity contribution is -0.118. The highest BCUT2D eigenvalue weighted by Crippen LogP contribution is 2.40. The highest BCUT2D eigenvalue weighted by Gasteiger charge is 2.35. The quantitative estimate of drug-likeness (QED) is 0.600. The number of thioether (sulfide) groups is 1. The predicted molar refractivity (Wildman–Crippen MR) is 110 cm³/mol. The molecular weight excluding hydrogens is 370 g/mol. The van der Waals surface area contributed by atoms with Crippen LogP contribution in [0.1, 0.15) is 31.2 Å². The molecule has 7 heteroatoms. The van der Waals surface area contributed by atoms with Crippen LogP contribution >= 0.6 is 11.8 Å². The van der Waals surface area contributed by atoms with Crippen LogP contribution in [-0.4, -0.2) is 38.4 Å². The maximum Gasteiger partial charge on any atom is 0.230 e. The van der Waals surface area contributed by atoms with Crippen molar-refractivity contribution in [3.05, 3.63) is 60.3 Å². The Morgan fingerprint density at radius 2 is 1.89 bits per heavy atom. The minimum atomic E-state index is 0.0105. The largest absolute Gasteiger partial charge is 0.354 e. The number of carbonyl (C=O) groups excluding carboxylic acids is 1. The number of rotatable bonds is 7. The lowest BCUT2D eigenvalue weighted by Gasteiger charge is -2.30. The van der Waals surface area contributed by atoms with Crippen molar-refractivity contribution < 1.29 is 4.79 Å². The van der Waals surface area contributed by atoms with E-state index in [4.69, 9.17) is 0 Å². The van der Waals surface area contributed by atoms with Crippen LogP contribution in [0.15, 0.2) is 59.9 Å². The molecule has 0 saturated heterocycles. The zero-order valence-electron chi connectivity index (χ0n) is 15.6. The third-order valence-corrected chi connectivity index (χ3v) is 6.12. The summed E-state index contributed by atoms with van der Waals surface area (Å²) in [4.78, 5) is 21.1. The standard InChI is InChI=1S/C21H23N5OS/c27-18(14-28-20-24-19(25-26-20)17-10-4-7-13-22-17)23-15-21(11-5-6-12-21)16-8-2-1-3-9-16/h1-4,7-10,13H,5-6,11-12,14-15H2,(H,23,27)(H,24,25,26). The van der Waals surface area contributed by atoms with E-state index in [2.05, 4.69) is 49.7 Å². The minimum Gasteiger partial charge on any atom is -0.354 e. The van der Waals surface area contributed by atoms with E-state index in [9.17, 15) is 4.79 Å². The molecule has 1 aliphatic carbocycles. The van der Waals surface area contributed by atoms with Gasteiger partial charge in [-0.05, 0) is 30.5 Å². The Morgan fingerprint density at radius 1 is 1.11 bits per heavy atom. The first kappa shape index (κ1) is 18.7. The fourth-order valence-corrected chi connectivity index (χ4v) is 4.42. The van der Waals surface area contributed by atoms with Crippen molar-refractivity contribution in [3.63, 3.8) is 0 Å². The number of amides is 1. The lowest BCUT2D eigenvalue weighted by Crippen LogP contribution is -2.39. The monoisotopic (exact) mass is 393 g/mol. The fraction of sp³-hybridized carbons (Fsp3) is 0.333. The van der Waals surface area contributed by atoms with E-state index in [0.717, 1.165) is 18.5 Å². The number of aromatic nitrogens is 4. The zero-order chi connectivity index (χ0) is 19.2. The maximum atomic E-state index is 12.4. The molecular formula is C21H23N5OS. The molecule has 2 heterocycles. The summed E-state index contributed by atoms with van der Waals surface area (Å²) in [6, 6.07) is 16.2. The molecule has 2 N–H and O–H groups in total. The van der Waals surface area contributed by atoms with Gasteiger partial charge in [0.2, 0.25) is 11.1 Å². The molecule has 0 bridgehead atoms. The van der Waals surface area contributed by atoms with Crippen LogP contribution in [-0.2, 0) is 10.2 Å². The van der Waals surface area contributed by atoms with Gasteiger partial charge in [0.25, 0.3) is 0 Å². The highest BCUT2D eigenvalue weighted by molar-refractivity contribution is 7.99. The zero-order valence-corrected chi connectivity index (χ0v) is 16.4. The molecule has 1 aromatic carbocycles. The summed E-state index contributed by atoms with van der Waals surface area (Å²) in [5.41, 5.74) is 2.13. The van der Waals surface area contributed by atoms with Crippen LogP contribution in [0.4, 0.5) is 0 Å².